The molecular weight excluding hydrogens is 368 g/mol. The first-order valence-corrected chi connectivity index (χ1v) is 9.57. The number of amides is 1. The van der Waals surface area contributed by atoms with Crippen molar-refractivity contribution in [2.45, 2.75) is 71.0 Å². The highest BCUT2D eigenvalue weighted by Gasteiger charge is 2.35. The Morgan fingerprint density at radius 3 is 2.56 bits per heavy atom. The van der Waals surface area contributed by atoms with Crippen LogP contribution in [0.2, 0.25) is 5.02 Å². The Morgan fingerprint density at radius 2 is 2.07 bits per heavy atom. The third-order valence-electron chi connectivity index (χ3n) is 4.67. The molecule has 2 rings (SSSR count). The van der Waals surface area contributed by atoms with Crippen LogP contribution in [0.15, 0.2) is 6.07 Å². The average molecular weight is 395 g/mol. The zero-order valence-electron chi connectivity index (χ0n) is 16.3. The quantitative estimate of drug-likeness (QED) is 0.762. The molecule has 148 valence electrons. The first-order valence-electron chi connectivity index (χ1n) is 9.19. The summed E-state index contributed by atoms with van der Waals surface area (Å²) in [6, 6.07) is 3.74. The molecule has 1 fully saturated rings. The number of anilines is 1. The Kier molecular flexibility index (Phi) is 6.77. The van der Waals surface area contributed by atoms with Gasteiger partial charge in [-0.1, -0.05) is 11.6 Å². The van der Waals surface area contributed by atoms with Gasteiger partial charge in [-0.25, -0.2) is 4.79 Å². The lowest BCUT2D eigenvalue weighted by Crippen LogP contribution is -2.52. The Labute approximate surface area is 165 Å². The summed E-state index contributed by atoms with van der Waals surface area (Å²) in [5.74, 6) is 0.763. The van der Waals surface area contributed by atoms with Gasteiger partial charge in [-0.15, -0.1) is 0 Å². The molecule has 1 aromatic heterocycles. The van der Waals surface area contributed by atoms with Crippen LogP contribution in [0.25, 0.3) is 0 Å². The van der Waals surface area contributed by atoms with E-state index < -0.39 is 11.6 Å². The Hall–Kier alpha value is -2.20. The molecule has 0 unspecified atom stereocenters. The van der Waals surface area contributed by atoms with Crippen LogP contribution in [-0.4, -0.2) is 45.3 Å². The van der Waals surface area contributed by atoms with E-state index in [0.29, 0.717) is 23.0 Å². The number of carbonyl (C=O) groups is 1. The Morgan fingerprint density at radius 1 is 1.44 bits per heavy atom. The zero-order valence-corrected chi connectivity index (χ0v) is 17.0. The molecule has 0 aromatic carbocycles. The standard InChI is InChI=1S/C19H27ClN4O3/c1-5-27-17-12(11-21)10-15(20)16(23-17)22-13-6-8-14(9-7-13)24(18(25)26)19(2,3)4/h10,13-14H,5-9H2,1-4H3,(H,22,23)(H,25,26)/t13-,14-. The van der Waals surface area contributed by atoms with Crippen molar-refractivity contribution < 1.29 is 14.6 Å². The van der Waals surface area contributed by atoms with Gasteiger partial charge in [0.2, 0.25) is 5.88 Å². The second kappa shape index (κ2) is 8.66. The molecule has 0 bridgehead atoms. The van der Waals surface area contributed by atoms with Crippen LogP contribution in [0.3, 0.4) is 0 Å². The Bertz CT molecular complexity index is 719. The summed E-state index contributed by atoms with van der Waals surface area (Å²) in [5.41, 5.74) is -0.125. The van der Waals surface area contributed by atoms with Gasteiger partial charge >= 0.3 is 6.09 Å². The van der Waals surface area contributed by atoms with Gasteiger partial charge in [0, 0.05) is 17.6 Å². The maximum Gasteiger partial charge on any atom is 0.407 e. The van der Waals surface area contributed by atoms with E-state index in [9.17, 15) is 15.2 Å². The van der Waals surface area contributed by atoms with Gasteiger partial charge in [-0.3, -0.25) is 0 Å². The number of pyridine rings is 1. The summed E-state index contributed by atoms with van der Waals surface area (Å²) in [5, 5.41) is 22.4. The monoisotopic (exact) mass is 394 g/mol. The van der Waals surface area contributed by atoms with Gasteiger partial charge in [0.1, 0.15) is 17.5 Å². The van der Waals surface area contributed by atoms with Crippen LogP contribution in [-0.2, 0) is 0 Å². The minimum Gasteiger partial charge on any atom is -0.477 e. The van der Waals surface area contributed by atoms with E-state index in [1.807, 2.05) is 33.8 Å². The maximum atomic E-state index is 11.7. The van der Waals surface area contributed by atoms with E-state index >= 15 is 0 Å². The molecule has 0 radical (unpaired) electrons. The van der Waals surface area contributed by atoms with E-state index in [2.05, 4.69) is 10.3 Å². The minimum atomic E-state index is -0.878. The van der Waals surface area contributed by atoms with Crippen molar-refractivity contribution in [3.8, 4) is 11.9 Å². The van der Waals surface area contributed by atoms with E-state index in [0.717, 1.165) is 25.7 Å². The normalized spacial score (nSPS) is 19.9. The highest BCUT2D eigenvalue weighted by Crippen LogP contribution is 2.32. The lowest BCUT2D eigenvalue weighted by molar-refractivity contribution is 0.0556. The number of rotatable bonds is 5. The molecule has 1 heterocycles. The van der Waals surface area contributed by atoms with Crippen molar-refractivity contribution in [1.82, 2.24) is 9.88 Å². The van der Waals surface area contributed by atoms with Crippen molar-refractivity contribution in [2.24, 2.45) is 0 Å². The summed E-state index contributed by atoms with van der Waals surface area (Å²) < 4.78 is 5.42. The molecule has 0 atom stereocenters. The first-order chi connectivity index (χ1) is 12.7. The second-order valence-corrected chi connectivity index (χ2v) is 8.10. The maximum absolute atomic E-state index is 11.7. The predicted molar refractivity (Wildman–Crippen MR) is 104 cm³/mol. The number of aromatic nitrogens is 1. The lowest BCUT2D eigenvalue weighted by Gasteiger charge is -2.42. The zero-order chi connectivity index (χ0) is 20.2. The summed E-state index contributed by atoms with van der Waals surface area (Å²) in [6.45, 7) is 7.99. The van der Waals surface area contributed by atoms with Crippen LogP contribution in [0.5, 0.6) is 5.88 Å². The topological polar surface area (TPSA) is 98.5 Å². The number of halogens is 1. The molecule has 1 aromatic rings. The third-order valence-corrected chi connectivity index (χ3v) is 4.96. The molecular formula is C19H27ClN4O3. The van der Waals surface area contributed by atoms with E-state index in [1.165, 1.54) is 0 Å². The number of hydrogen-bond donors (Lipinski definition) is 2. The van der Waals surface area contributed by atoms with Crippen molar-refractivity contribution in [2.75, 3.05) is 11.9 Å². The SMILES string of the molecule is CCOc1nc(N[C@H]2CC[C@H](N(C(=O)O)C(C)(C)C)CC2)c(Cl)cc1C#N. The number of carboxylic acid groups (broad SMARTS) is 1. The number of nitriles is 1. The molecule has 0 aliphatic heterocycles. The lowest BCUT2D eigenvalue weighted by atomic mass is 9.88. The fourth-order valence-corrected chi connectivity index (χ4v) is 3.77. The van der Waals surface area contributed by atoms with Gasteiger partial charge in [-0.05, 0) is 59.4 Å². The molecule has 1 saturated carbocycles. The van der Waals surface area contributed by atoms with Gasteiger partial charge < -0.3 is 20.1 Å². The predicted octanol–water partition coefficient (Wildman–Crippen LogP) is 4.51. The van der Waals surface area contributed by atoms with Crippen LogP contribution >= 0.6 is 11.6 Å². The van der Waals surface area contributed by atoms with E-state index in [4.69, 9.17) is 16.3 Å². The second-order valence-electron chi connectivity index (χ2n) is 7.69. The molecule has 0 spiro atoms. The number of nitrogens with one attached hydrogen (secondary N) is 1. The number of hydrogen-bond acceptors (Lipinski definition) is 5. The van der Waals surface area contributed by atoms with Gasteiger partial charge in [0.15, 0.2) is 0 Å². The van der Waals surface area contributed by atoms with Crippen LogP contribution < -0.4 is 10.1 Å². The average Bonchev–Trinajstić information content (AvgIpc) is 2.57. The molecule has 0 saturated heterocycles. The first kappa shape index (κ1) is 21.1. The summed E-state index contributed by atoms with van der Waals surface area (Å²) >= 11 is 6.26. The fraction of sp³-hybridized carbons (Fsp3) is 0.632. The van der Waals surface area contributed by atoms with Crippen LogP contribution in [0.1, 0.15) is 58.9 Å². The molecule has 27 heavy (non-hydrogen) atoms. The molecule has 2 N–H and O–H groups in total. The van der Waals surface area contributed by atoms with Gasteiger partial charge in [-0.2, -0.15) is 10.2 Å². The van der Waals surface area contributed by atoms with Crippen LogP contribution in [0.4, 0.5) is 10.6 Å². The van der Waals surface area contributed by atoms with Crippen molar-refractivity contribution in [1.29, 1.82) is 5.26 Å². The smallest absolute Gasteiger partial charge is 0.407 e. The summed E-state index contributed by atoms with van der Waals surface area (Å²) in [6.07, 6.45) is 2.29. The molecule has 1 aliphatic carbocycles. The highest BCUT2D eigenvalue weighted by atomic mass is 35.5. The fourth-order valence-electron chi connectivity index (χ4n) is 3.56. The Balaban J connectivity index is 2.07. The summed E-state index contributed by atoms with van der Waals surface area (Å²) in [4.78, 5) is 17.6. The largest absolute Gasteiger partial charge is 0.477 e. The molecule has 1 aliphatic rings. The van der Waals surface area contributed by atoms with Crippen LogP contribution in [0, 0.1) is 11.3 Å². The van der Waals surface area contributed by atoms with Gasteiger partial charge in [0.25, 0.3) is 0 Å². The van der Waals surface area contributed by atoms with E-state index in [-0.39, 0.29) is 18.0 Å². The van der Waals surface area contributed by atoms with Gasteiger partial charge in [0.05, 0.1) is 11.6 Å². The summed E-state index contributed by atoms with van der Waals surface area (Å²) in [7, 11) is 0. The number of ether oxygens (including phenoxy) is 1. The highest BCUT2D eigenvalue weighted by molar-refractivity contribution is 6.33. The third kappa shape index (κ3) is 5.16. The van der Waals surface area contributed by atoms with Crippen molar-refractivity contribution >= 4 is 23.5 Å². The molecule has 7 nitrogen and oxygen atoms in total. The van der Waals surface area contributed by atoms with Crippen molar-refractivity contribution in [3.63, 3.8) is 0 Å². The molecule has 1 amide bonds. The minimum absolute atomic E-state index is 0.00364. The van der Waals surface area contributed by atoms with Crippen molar-refractivity contribution in [3.05, 3.63) is 16.7 Å². The van der Waals surface area contributed by atoms with E-state index in [1.54, 1.807) is 11.0 Å². The molecule has 8 heteroatoms. The number of nitrogens with zero attached hydrogens (tertiary/aromatic N) is 3.